The van der Waals surface area contributed by atoms with E-state index in [0.717, 1.165) is 25.0 Å². The van der Waals surface area contributed by atoms with E-state index >= 15 is 0 Å². The van der Waals surface area contributed by atoms with E-state index in [4.69, 9.17) is 17.3 Å². The van der Waals surface area contributed by atoms with Crippen LogP contribution in [0.25, 0.3) is 0 Å². The zero-order valence-electron chi connectivity index (χ0n) is 10.6. The van der Waals surface area contributed by atoms with Gasteiger partial charge in [-0.3, -0.25) is 0 Å². The Labute approximate surface area is 122 Å². The van der Waals surface area contributed by atoms with Crippen LogP contribution in [0.5, 0.6) is 0 Å². The summed E-state index contributed by atoms with van der Waals surface area (Å²) in [4.78, 5) is -0.259. The number of benzene rings is 1. The molecule has 20 heavy (non-hydrogen) atoms. The second-order valence-corrected chi connectivity index (χ2v) is 7.06. The van der Waals surface area contributed by atoms with E-state index in [0.29, 0.717) is 6.42 Å². The number of rotatable bonds is 4. The van der Waals surface area contributed by atoms with Crippen LogP contribution in [0.3, 0.4) is 0 Å². The highest BCUT2D eigenvalue weighted by Gasteiger charge is 2.28. The predicted molar refractivity (Wildman–Crippen MR) is 74.4 cm³/mol. The molecule has 112 valence electrons. The van der Waals surface area contributed by atoms with Gasteiger partial charge in [-0.15, -0.1) is 0 Å². The molecule has 0 saturated heterocycles. The number of nitrogens with two attached hydrogens (primary N) is 1. The highest BCUT2D eigenvalue weighted by atomic mass is 35.5. The first kappa shape index (κ1) is 15.5. The van der Waals surface area contributed by atoms with Crippen LogP contribution in [0.15, 0.2) is 17.0 Å². The maximum Gasteiger partial charge on any atom is 0.242 e. The third-order valence-corrected chi connectivity index (χ3v) is 5.38. The van der Waals surface area contributed by atoms with Gasteiger partial charge in [0.1, 0.15) is 10.7 Å². The number of hydrogen-bond donors (Lipinski definition) is 3. The van der Waals surface area contributed by atoms with Crippen molar-refractivity contribution < 1.29 is 17.9 Å². The lowest BCUT2D eigenvalue weighted by molar-refractivity contribution is 0.134. The van der Waals surface area contributed by atoms with E-state index in [1.165, 1.54) is 0 Å². The number of nitrogens with one attached hydrogen (secondary N) is 1. The fraction of sp³-hybridized carbons (Fsp3) is 0.500. The molecule has 2 atom stereocenters. The summed E-state index contributed by atoms with van der Waals surface area (Å²) in [5, 5.41) is 9.44. The number of anilines is 1. The van der Waals surface area contributed by atoms with Crippen LogP contribution in [-0.2, 0) is 10.0 Å². The lowest BCUT2D eigenvalue weighted by Crippen LogP contribution is -2.32. The van der Waals surface area contributed by atoms with Gasteiger partial charge in [-0.1, -0.05) is 18.0 Å². The number of hydrogen-bond acceptors (Lipinski definition) is 4. The average molecular weight is 323 g/mol. The molecule has 1 fully saturated rings. The predicted octanol–water partition coefficient (Wildman–Crippen LogP) is 1.50. The van der Waals surface area contributed by atoms with Gasteiger partial charge in [0.25, 0.3) is 0 Å². The van der Waals surface area contributed by atoms with E-state index < -0.39 is 21.9 Å². The summed E-state index contributed by atoms with van der Waals surface area (Å²) in [6, 6.07) is 1.86. The van der Waals surface area contributed by atoms with Crippen LogP contribution < -0.4 is 10.5 Å². The maximum absolute atomic E-state index is 13.2. The van der Waals surface area contributed by atoms with Gasteiger partial charge in [-0.25, -0.2) is 17.5 Å². The Kier molecular flexibility index (Phi) is 4.53. The number of nitrogen functional groups attached to an aromatic ring is 1. The molecule has 0 aliphatic heterocycles. The molecule has 1 aliphatic rings. The molecule has 0 radical (unpaired) electrons. The Morgan fingerprint density at radius 3 is 2.75 bits per heavy atom. The summed E-state index contributed by atoms with van der Waals surface area (Å²) >= 11 is 5.75. The molecule has 0 spiro atoms. The number of aliphatic hydroxyl groups excluding tert-OH is 1. The van der Waals surface area contributed by atoms with Gasteiger partial charge in [0.05, 0.1) is 16.8 Å². The maximum atomic E-state index is 13.2. The minimum Gasteiger partial charge on any atom is -0.396 e. The molecule has 2 rings (SSSR count). The zero-order chi connectivity index (χ0) is 14.9. The molecule has 1 saturated carbocycles. The van der Waals surface area contributed by atoms with E-state index in [1.807, 2.05) is 0 Å². The molecule has 0 aromatic heterocycles. The van der Waals surface area contributed by atoms with Gasteiger partial charge in [0.2, 0.25) is 10.0 Å². The van der Waals surface area contributed by atoms with Gasteiger partial charge in [-0.05, 0) is 30.9 Å². The molecule has 0 heterocycles. The Morgan fingerprint density at radius 2 is 2.15 bits per heavy atom. The molecule has 2 unspecified atom stereocenters. The first-order valence-electron chi connectivity index (χ1n) is 6.23. The third kappa shape index (κ3) is 3.22. The normalized spacial score (nSPS) is 23.1. The van der Waals surface area contributed by atoms with Gasteiger partial charge < -0.3 is 10.8 Å². The Hall–Kier alpha value is -0.890. The number of sulfonamides is 1. The second-order valence-electron chi connectivity index (χ2n) is 4.91. The molecule has 1 aromatic carbocycles. The van der Waals surface area contributed by atoms with Crippen molar-refractivity contribution in [1.82, 2.24) is 4.72 Å². The molecule has 8 heteroatoms. The van der Waals surface area contributed by atoms with E-state index in [-0.39, 0.29) is 28.1 Å². The largest absolute Gasteiger partial charge is 0.396 e. The minimum absolute atomic E-state index is 0.110. The Morgan fingerprint density at radius 1 is 1.45 bits per heavy atom. The lowest BCUT2D eigenvalue weighted by Gasteiger charge is -2.16. The van der Waals surface area contributed by atoms with Crippen molar-refractivity contribution in [2.24, 2.45) is 5.92 Å². The lowest BCUT2D eigenvalue weighted by atomic mass is 10.1. The SMILES string of the molecule is Nc1cc(S(=O)(=O)NCC2CCCC2O)c(Cl)cc1F. The number of halogens is 2. The quantitative estimate of drug-likeness (QED) is 0.732. The van der Waals surface area contributed by atoms with E-state index in [2.05, 4.69) is 4.72 Å². The van der Waals surface area contributed by atoms with Crippen molar-refractivity contribution >= 4 is 27.3 Å². The van der Waals surface area contributed by atoms with Crippen molar-refractivity contribution in [2.45, 2.75) is 30.3 Å². The Bertz CT molecular complexity index is 609. The summed E-state index contributed by atoms with van der Waals surface area (Å²) in [6.07, 6.45) is 1.82. The Balaban J connectivity index is 2.16. The molecule has 0 bridgehead atoms. The summed E-state index contributed by atoms with van der Waals surface area (Å²) in [5.74, 6) is -0.874. The summed E-state index contributed by atoms with van der Waals surface area (Å²) in [5.41, 5.74) is 5.08. The summed E-state index contributed by atoms with van der Waals surface area (Å²) in [7, 11) is -3.88. The number of aliphatic hydroxyl groups is 1. The van der Waals surface area contributed by atoms with E-state index in [1.54, 1.807) is 0 Å². The smallest absolute Gasteiger partial charge is 0.242 e. The standard InChI is InChI=1S/C12H16ClFN2O3S/c13-8-4-9(14)10(15)5-12(8)20(18,19)16-6-7-2-1-3-11(7)17/h4-5,7,11,16-17H,1-3,6,15H2. The highest BCUT2D eigenvalue weighted by Crippen LogP contribution is 2.28. The van der Waals surface area contributed by atoms with Crippen molar-refractivity contribution in [2.75, 3.05) is 12.3 Å². The monoisotopic (exact) mass is 322 g/mol. The van der Waals surface area contributed by atoms with Crippen LogP contribution in [0.1, 0.15) is 19.3 Å². The average Bonchev–Trinajstić information content (AvgIpc) is 2.77. The zero-order valence-corrected chi connectivity index (χ0v) is 12.2. The fourth-order valence-electron chi connectivity index (χ4n) is 2.30. The van der Waals surface area contributed by atoms with Gasteiger partial charge in [-0.2, -0.15) is 0 Å². The highest BCUT2D eigenvalue weighted by molar-refractivity contribution is 7.89. The molecule has 5 nitrogen and oxygen atoms in total. The van der Waals surface area contributed by atoms with Gasteiger partial charge in [0, 0.05) is 6.54 Å². The topological polar surface area (TPSA) is 92.4 Å². The first-order valence-corrected chi connectivity index (χ1v) is 8.09. The van der Waals surface area contributed by atoms with Gasteiger partial charge in [0.15, 0.2) is 0 Å². The van der Waals surface area contributed by atoms with Crippen molar-refractivity contribution in [3.63, 3.8) is 0 Å². The fourth-order valence-corrected chi connectivity index (χ4v) is 3.94. The second kappa shape index (κ2) is 5.85. The first-order chi connectivity index (χ1) is 9.31. The minimum atomic E-state index is -3.88. The van der Waals surface area contributed by atoms with Crippen LogP contribution in [0.4, 0.5) is 10.1 Å². The van der Waals surface area contributed by atoms with Crippen LogP contribution >= 0.6 is 11.6 Å². The van der Waals surface area contributed by atoms with Crippen molar-refractivity contribution in [3.8, 4) is 0 Å². The van der Waals surface area contributed by atoms with Crippen molar-refractivity contribution in [1.29, 1.82) is 0 Å². The van der Waals surface area contributed by atoms with Crippen LogP contribution in [0.2, 0.25) is 5.02 Å². The molecular formula is C12H16ClFN2O3S. The molecular weight excluding hydrogens is 307 g/mol. The molecule has 0 amide bonds. The van der Waals surface area contributed by atoms with E-state index in [9.17, 15) is 17.9 Å². The molecule has 1 aromatic rings. The summed E-state index contributed by atoms with van der Waals surface area (Å²) < 4.78 is 39.8. The third-order valence-electron chi connectivity index (χ3n) is 3.50. The van der Waals surface area contributed by atoms with Crippen LogP contribution in [-0.4, -0.2) is 26.2 Å². The summed E-state index contributed by atoms with van der Waals surface area (Å²) in [6.45, 7) is 0.122. The van der Waals surface area contributed by atoms with Gasteiger partial charge >= 0.3 is 0 Å². The molecule has 1 aliphatic carbocycles. The molecule has 4 N–H and O–H groups in total. The van der Waals surface area contributed by atoms with Crippen LogP contribution in [0, 0.1) is 11.7 Å². The van der Waals surface area contributed by atoms with Crippen molar-refractivity contribution in [3.05, 3.63) is 23.0 Å².